The van der Waals surface area contributed by atoms with Gasteiger partial charge in [-0.05, 0) is 53.2 Å². The van der Waals surface area contributed by atoms with E-state index in [4.69, 9.17) is 0 Å². The van der Waals surface area contributed by atoms with E-state index in [1.54, 1.807) is 12.3 Å². The highest BCUT2D eigenvalue weighted by Gasteiger charge is 2.27. The van der Waals surface area contributed by atoms with Gasteiger partial charge in [0.25, 0.3) is 0 Å². The van der Waals surface area contributed by atoms with E-state index >= 15 is 0 Å². The van der Waals surface area contributed by atoms with Gasteiger partial charge < -0.3 is 0 Å². The third-order valence-corrected chi connectivity index (χ3v) is 5.55. The summed E-state index contributed by atoms with van der Waals surface area (Å²) in [6.07, 6.45) is 3.60. The Morgan fingerprint density at radius 1 is 1.53 bits per heavy atom. The number of halogens is 1. The summed E-state index contributed by atoms with van der Waals surface area (Å²) in [5.41, 5.74) is 0.944. The van der Waals surface area contributed by atoms with E-state index in [0.717, 1.165) is 22.9 Å². The number of aryl methyl sites for hydroxylation is 1. The third-order valence-electron chi connectivity index (χ3n) is 3.24. The van der Waals surface area contributed by atoms with Gasteiger partial charge in [0, 0.05) is 23.8 Å². The molecular formula is C12H18BrN3O2S. The van der Waals surface area contributed by atoms with Crippen LogP contribution in [0.3, 0.4) is 0 Å². The highest BCUT2D eigenvalue weighted by atomic mass is 79.9. The zero-order valence-corrected chi connectivity index (χ0v) is 13.5. The molecule has 1 aliphatic rings. The Balaban J connectivity index is 2.14. The van der Waals surface area contributed by atoms with Crippen LogP contribution in [0.4, 0.5) is 5.82 Å². The molecule has 1 saturated heterocycles. The van der Waals surface area contributed by atoms with Crippen molar-refractivity contribution in [1.82, 2.24) is 9.29 Å². The van der Waals surface area contributed by atoms with Crippen molar-refractivity contribution in [2.24, 2.45) is 5.92 Å². The van der Waals surface area contributed by atoms with Crippen molar-refractivity contribution in [3.8, 4) is 0 Å². The van der Waals surface area contributed by atoms with Gasteiger partial charge in [0.2, 0.25) is 0 Å². The summed E-state index contributed by atoms with van der Waals surface area (Å²) in [5.74, 6) is 0.767. The average Bonchev–Trinajstić information content (AvgIpc) is 2.33. The second-order valence-electron chi connectivity index (χ2n) is 5.03. The number of nitrogens with one attached hydrogen (secondary N) is 1. The first-order chi connectivity index (χ1) is 8.88. The van der Waals surface area contributed by atoms with Gasteiger partial charge in [-0.2, -0.15) is 12.7 Å². The Morgan fingerprint density at radius 3 is 2.89 bits per heavy atom. The number of hydrogen-bond donors (Lipinski definition) is 1. The fourth-order valence-corrected chi connectivity index (χ4v) is 3.70. The van der Waals surface area contributed by atoms with E-state index in [1.807, 2.05) is 6.92 Å². The summed E-state index contributed by atoms with van der Waals surface area (Å²) < 4.78 is 29.4. The Hall–Kier alpha value is -0.660. The van der Waals surface area contributed by atoms with E-state index in [1.165, 1.54) is 4.31 Å². The zero-order chi connectivity index (χ0) is 14.0. The number of aromatic nitrogens is 1. The van der Waals surface area contributed by atoms with Crippen LogP contribution in [0.25, 0.3) is 0 Å². The minimum Gasteiger partial charge on any atom is -0.254 e. The first-order valence-corrected chi connectivity index (χ1v) is 8.52. The molecular weight excluding hydrogens is 330 g/mol. The quantitative estimate of drug-likeness (QED) is 0.913. The Bertz CT molecular complexity index is 562. The predicted octanol–water partition coefficient (Wildman–Crippen LogP) is 2.54. The fourth-order valence-electron chi connectivity index (χ4n) is 2.16. The average molecular weight is 348 g/mol. The summed E-state index contributed by atoms with van der Waals surface area (Å²) in [6, 6.07) is 1.72. The topological polar surface area (TPSA) is 62.3 Å². The molecule has 7 heteroatoms. The molecule has 0 spiro atoms. The molecule has 106 valence electrons. The van der Waals surface area contributed by atoms with Crippen LogP contribution < -0.4 is 4.72 Å². The first kappa shape index (κ1) is 14.7. The molecule has 0 bridgehead atoms. The number of rotatable bonds is 3. The highest BCUT2D eigenvalue weighted by molar-refractivity contribution is 9.10. The van der Waals surface area contributed by atoms with Crippen LogP contribution in [-0.4, -0.2) is 30.8 Å². The molecule has 1 aromatic rings. The summed E-state index contributed by atoms with van der Waals surface area (Å²) in [5, 5.41) is 0. The van der Waals surface area contributed by atoms with Gasteiger partial charge in [0.05, 0.1) is 0 Å². The monoisotopic (exact) mass is 347 g/mol. The molecule has 0 aromatic carbocycles. The van der Waals surface area contributed by atoms with Crippen LogP contribution in [0.15, 0.2) is 16.7 Å². The van der Waals surface area contributed by atoms with Gasteiger partial charge in [0.15, 0.2) is 0 Å². The second kappa shape index (κ2) is 5.76. The van der Waals surface area contributed by atoms with E-state index in [9.17, 15) is 8.42 Å². The van der Waals surface area contributed by atoms with Gasteiger partial charge in [-0.3, -0.25) is 4.72 Å². The first-order valence-electron chi connectivity index (χ1n) is 6.28. The number of anilines is 1. The number of nitrogens with zero attached hydrogens (tertiary/aromatic N) is 2. The van der Waals surface area contributed by atoms with E-state index < -0.39 is 10.2 Å². The standard InChI is InChI=1S/C12H18BrN3O2S/c1-9-4-3-5-16(8-9)19(17,18)15-12-6-10(2)11(13)7-14-12/h6-7,9H,3-5,8H2,1-2H3,(H,14,15). The number of pyridine rings is 1. The van der Waals surface area contributed by atoms with Gasteiger partial charge in [-0.15, -0.1) is 0 Å². The lowest BCUT2D eigenvalue weighted by Crippen LogP contribution is -2.42. The van der Waals surface area contributed by atoms with Crippen molar-refractivity contribution in [2.45, 2.75) is 26.7 Å². The second-order valence-corrected chi connectivity index (χ2v) is 7.56. The fraction of sp³-hybridized carbons (Fsp3) is 0.583. The van der Waals surface area contributed by atoms with Crippen molar-refractivity contribution in [2.75, 3.05) is 17.8 Å². The van der Waals surface area contributed by atoms with Crippen LogP contribution in [0.2, 0.25) is 0 Å². The van der Waals surface area contributed by atoms with Crippen LogP contribution in [-0.2, 0) is 10.2 Å². The molecule has 1 fully saturated rings. The number of hydrogen-bond acceptors (Lipinski definition) is 3. The Kier molecular flexibility index (Phi) is 4.47. The molecule has 1 aliphatic heterocycles. The van der Waals surface area contributed by atoms with Crippen LogP contribution >= 0.6 is 15.9 Å². The largest absolute Gasteiger partial charge is 0.302 e. The molecule has 0 saturated carbocycles. The van der Waals surface area contributed by atoms with E-state index in [-0.39, 0.29) is 0 Å². The lowest BCUT2D eigenvalue weighted by Gasteiger charge is -2.29. The molecule has 19 heavy (non-hydrogen) atoms. The van der Waals surface area contributed by atoms with Gasteiger partial charge in [0.1, 0.15) is 5.82 Å². The maximum absolute atomic E-state index is 12.3. The van der Waals surface area contributed by atoms with Crippen molar-refractivity contribution >= 4 is 32.0 Å². The van der Waals surface area contributed by atoms with Gasteiger partial charge >= 0.3 is 10.2 Å². The highest BCUT2D eigenvalue weighted by Crippen LogP contribution is 2.21. The molecule has 0 radical (unpaired) electrons. The molecule has 1 unspecified atom stereocenters. The lowest BCUT2D eigenvalue weighted by atomic mass is 10.0. The third kappa shape index (κ3) is 3.67. The van der Waals surface area contributed by atoms with Crippen LogP contribution in [0.1, 0.15) is 25.3 Å². The van der Waals surface area contributed by atoms with Gasteiger partial charge in [-0.25, -0.2) is 4.98 Å². The maximum atomic E-state index is 12.3. The molecule has 2 heterocycles. The van der Waals surface area contributed by atoms with E-state index in [2.05, 4.69) is 32.6 Å². The summed E-state index contributed by atoms with van der Waals surface area (Å²) in [7, 11) is -3.49. The summed E-state index contributed by atoms with van der Waals surface area (Å²) in [6.45, 7) is 5.12. The number of piperidine rings is 1. The van der Waals surface area contributed by atoms with Crippen LogP contribution in [0.5, 0.6) is 0 Å². The Labute approximate surface area is 122 Å². The van der Waals surface area contributed by atoms with Crippen molar-refractivity contribution < 1.29 is 8.42 Å². The molecule has 0 amide bonds. The maximum Gasteiger partial charge on any atom is 0.302 e. The van der Waals surface area contributed by atoms with E-state index in [0.29, 0.717) is 24.8 Å². The minimum atomic E-state index is -3.49. The molecule has 1 atom stereocenters. The normalized spacial score (nSPS) is 21.3. The molecule has 0 aliphatic carbocycles. The molecule has 1 aromatic heterocycles. The molecule has 5 nitrogen and oxygen atoms in total. The van der Waals surface area contributed by atoms with Crippen LogP contribution in [0, 0.1) is 12.8 Å². The smallest absolute Gasteiger partial charge is 0.254 e. The van der Waals surface area contributed by atoms with Crippen molar-refractivity contribution in [1.29, 1.82) is 0 Å². The van der Waals surface area contributed by atoms with Gasteiger partial charge in [-0.1, -0.05) is 6.92 Å². The minimum absolute atomic E-state index is 0.360. The molecule has 1 N–H and O–H groups in total. The Morgan fingerprint density at radius 2 is 2.26 bits per heavy atom. The lowest BCUT2D eigenvalue weighted by molar-refractivity contribution is 0.282. The molecule has 2 rings (SSSR count). The predicted molar refractivity (Wildman–Crippen MR) is 79.2 cm³/mol. The van der Waals surface area contributed by atoms with Crippen molar-refractivity contribution in [3.05, 3.63) is 22.3 Å². The van der Waals surface area contributed by atoms with Crippen molar-refractivity contribution in [3.63, 3.8) is 0 Å². The summed E-state index contributed by atoms with van der Waals surface area (Å²) in [4.78, 5) is 4.07. The summed E-state index contributed by atoms with van der Waals surface area (Å²) >= 11 is 3.34. The zero-order valence-electron chi connectivity index (χ0n) is 11.1. The SMILES string of the molecule is Cc1cc(NS(=O)(=O)N2CCCC(C)C2)ncc1Br.